The lowest BCUT2D eigenvalue weighted by Crippen LogP contribution is -2.10. The van der Waals surface area contributed by atoms with Gasteiger partial charge in [0.05, 0.1) is 0 Å². The fraction of sp³-hybridized carbons (Fsp3) is 0.167. The van der Waals surface area contributed by atoms with Crippen LogP contribution in [0.2, 0.25) is 5.02 Å². The van der Waals surface area contributed by atoms with Crippen molar-refractivity contribution in [3.63, 3.8) is 0 Å². The van der Waals surface area contributed by atoms with Crippen molar-refractivity contribution in [1.29, 1.82) is 0 Å². The van der Waals surface area contributed by atoms with E-state index in [1.54, 1.807) is 24.3 Å². The largest absolute Gasteiger partial charge is 0.478 e. The van der Waals surface area contributed by atoms with E-state index in [-0.39, 0.29) is 17.9 Å². The number of carbonyl (C=O) groups is 2. The molecule has 0 heterocycles. The Kier molecular flexibility index (Phi) is 4.72. The number of benzene rings is 1. The summed E-state index contributed by atoms with van der Waals surface area (Å²) in [7, 11) is 0. The van der Waals surface area contributed by atoms with Crippen LogP contribution in [0.1, 0.15) is 13.3 Å². The van der Waals surface area contributed by atoms with Gasteiger partial charge in [-0.05, 0) is 31.2 Å². The zero-order chi connectivity index (χ0) is 12.8. The summed E-state index contributed by atoms with van der Waals surface area (Å²) in [6.07, 6.45) is 1.40. The number of carboxylic acids is 1. The number of amides is 1. The second-order valence-electron chi connectivity index (χ2n) is 3.45. The summed E-state index contributed by atoms with van der Waals surface area (Å²) in [5, 5.41) is 11.8. The standard InChI is InChI=1S/C12H12ClNO3/c1-8(12(16)17)2-7-11(15)14-10-5-3-9(13)4-6-10/h2-6H,7H2,1H3,(H,14,15)(H,16,17). The van der Waals surface area contributed by atoms with Gasteiger partial charge >= 0.3 is 5.97 Å². The van der Waals surface area contributed by atoms with E-state index in [0.29, 0.717) is 10.7 Å². The van der Waals surface area contributed by atoms with E-state index in [2.05, 4.69) is 5.32 Å². The number of hydrogen-bond donors (Lipinski definition) is 2. The van der Waals surface area contributed by atoms with E-state index in [1.165, 1.54) is 13.0 Å². The molecule has 90 valence electrons. The van der Waals surface area contributed by atoms with Gasteiger partial charge in [0, 0.05) is 22.7 Å². The molecule has 0 unspecified atom stereocenters. The van der Waals surface area contributed by atoms with Crippen molar-refractivity contribution in [3.8, 4) is 0 Å². The Balaban J connectivity index is 2.53. The first kappa shape index (κ1) is 13.3. The molecule has 0 aromatic heterocycles. The molecule has 2 N–H and O–H groups in total. The van der Waals surface area contributed by atoms with Crippen molar-refractivity contribution in [2.45, 2.75) is 13.3 Å². The summed E-state index contributed by atoms with van der Waals surface area (Å²) in [6, 6.07) is 6.67. The molecule has 17 heavy (non-hydrogen) atoms. The molecule has 0 saturated carbocycles. The van der Waals surface area contributed by atoms with Gasteiger partial charge in [0.2, 0.25) is 5.91 Å². The molecule has 0 aliphatic carbocycles. The monoisotopic (exact) mass is 253 g/mol. The summed E-state index contributed by atoms with van der Waals surface area (Å²) in [6.45, 7) is 1.44. The maximum atomic E-state index is 11.4. The highest BCUT2D eigenvalue weighted by Gasteiger charge is 2.03. The van der Waals surface area contributed by atoms with Gasteiger partial charge in [-0.1, -0.05) is 17.7 Å². The third-order valence-corrected chi connectivity index (χ3v) is 2.31. The number of halogens is 1. The topological polar surface area (TPSA) is 66.4 Å². The molecule has 1 rings (SSSR count). The molecule has 1 amide bonds. The normalized spacial score (nSPS) is 11.1. The smallest absolute Gasteiger partial charge is 0.330 e. The number of rotatable bonds is 4. The van der Waals surface area contributed by atoms with Crippen molar-refractivity contribution in [1.82, 2.24) is 0 Å². The van der Waals surface area contributed by atoms with Gasteiger partial charge in [0.15, 0.2) is 0 Å². The molecule has 0 saturated heterocycles. The Hall–Kier alpha value is -1.81. The van der Waals surface area contributed by atoms with Crippen molar-refractivity contribution >= 4 is 29.2 Å². The number of nitrogens with one attached hydrogen (secondary N) is 1. The Labute approximate surface area is 104 Å². The third-order valence-electron chi connectivity index (χ3n) is 2.06. The summed E-state index contributed by atoms with van der Waals surface area (Å²) in [5.41, 5.74) is 0.775. The van der Waals surface area contributed by atoms with Crippen LogP contribution in [0.5, 0.6) is 0 Å². The molecule has 1 aromatic rings. The van der Waals surface area contributed by atoms with Crippen LogP contribution in [0.25, 0.3) is 0 Å². The SMILES string of the molecule is CC(=CCC(=O)Nc1ccc(Cl)cc1)C(=O)O. The first-order valence-corrected chi connectivity index (χ1v) is 5.32. The zero-order valence-corrected chi connectivity index (χ0v) is 9.99. The first-order valence-electron chi connectivity index (χ1n) is 4.94. The van der Waals surface area contributed by atoms with Gasteiger partial charge in [0.25, 0.3) is 0 Å². The average Bonchev–Trinajstić information content (AvgIpc) is 2.29. The molecule has 0 atom stereocenters. The van der Waals surface area contributed by atoms with Crippen LogP contribution in [0, 0.1) is 0 Å². The van der Waals surface area contributed by atoms with Gasteiger partial charge < -0.3 is 10.4 Å². The number of carbonyl (C=O) groups excluding carboxylic acids is 1. The lowest BCUT2D eigenvalue weighted by atomic mass is 10.2. The highest BCUT2D eigenvalue weighted by atomic mass is 35.5. The summed E-state index contributed by atoms with van der Waals surface area (Å²) >= 11 is 5.70. The lowest BCUT2D eigenvalue weighted by molar-refractivity contribution is -0.132. The highest BCUT2D eigenvalue weighted by Crippen LogP contribution is 2.13. The fourth-order valence-electron chi connectivity index (χ4n) is 1.08. The average molecular weight is 254 g/mol. The molecule has 4 nitrogen and oxygen atoms in total. The molecular weight excluding hydrogens is 242 g/mol. The molecule has 0 bridgehead atoms. The van der Waals surface area contributed by atoms with Crippen LogP contribution < -0.4 is 5.32 Å². The number of hydrogen-bond acceptors (Lipinski definition) is 2. The van der Waals surface area contributed by atoms with Gasteiger partial charge in [-0.15, -0.1) is 0 Å². The van der Waals surface area contributed by atoms with Crippen LogP contribution in [-0.4, -0.2) is 17.0 Å². The minimum Gasteiger partial charge on any atom is -0.478 e. The van der Waals surface area contributed by atoms with E-state index >= 15 is 0 Å². The molecule has 0 fully saturated rings. The third kappa shape index (κ3) is 4.70. The minimum atomic E-state index is -1.02. The summed E-state index contributed by atoms with van der Waals surface area (Å²) in [4.78, 5) is 21.9. The molecule has 1 aromatic carbocycles. The molecule has 0 radical (unpaired) electrons. The van der Waals surface area contributed by atoms with Crippen molar-refractivity contribution < 1.29 is 14.7 Å². The van der Waals surface area contributed by atoms with Crippen LogP contribution in [0.4, 0.5) is 5.69 Å². The maximum Gasteiger partial charge on any atom is 0.330 e. The van der Waals surface area contributed by atoms with Crippen molar-refractivity contribution in [2.24, 2.45) is 0 Å². The minimum absolute atomic E-state index is 0.0285. The second-order valence-corrected chi connectivity index (χ2v) is 3.89. The fourth-order valence-corrected chi connectivity index (χ4v) is 1.20. The van der Waals surface area contributed by atoms with Crippen LogP contribution in [0.15, 0.2) is 35.9 Å². The predicted molar refractivity (Wildman–Crippen MR) is 66.1 cm³/mol. The number of anilines is 1. The highest BCUT2D eigenvalue weighted by molar-refractivity contribution is 6.30. The summed E-state index contributed by atoms with van der Waals surface area (Å²) < 4.78 is 0. The molecular formula is C12H12ClNO3. The van der Waals surface area contributed by atoms with Gasteiger partial charge in [0.1, 0.15) is 0 Å². The predicted octanol–water partition coefficient (Wildman–Crippen LogP) is 2.70. The van der Waals surface area contributed by atoms with Gasteiger partial charge in [-0.25, -0.2) is 4.79 Å². The number of carboxylic acid groups (broad SMARTS) is 1. The van der Waals surface area contributed by atoms with E-state index < -0.39 is 5.97 Å². The number of aliphatic carboxylic acids is 1. The molecule has 0 aliphatic rings. The summed E-state index contributed by atoms with van der Waals surface area (Å²) in [5.74, 6) is -1.29. The van der Waals surface area contributed by atoms with Gasteiger partial charge in [-0.3, -0.25) is 4.79 Å². The van der Waals surface area contributed by atoms with Crippen molar-refractivity contribution in [2.75, 3.05) is 5.32 Å². The van der Waals surface area contributed by atoms with Crippen LogP contribution in [-0.2, 0) is 9.59 Å². The lowest BCUT2D eigenvalue weighted by Gasteiger charge is -2.03. The molecule has 0 spiro atoms. The van der Waals surface area contributed by atoms with Crippen molar-refractivity contribution in [3.05, 3.63) is 40.9 Å². The second kappa shape index (κ2) is 6.06. The van der Waals surface area contributed by atoms with E-state index in [1.807, 2.05) is 0 Å². The maximum absolute atomic E-state index is 11.4. The molecule has 5 heteroatoms. The zero-order valence-electron chi connectivity index (χ0n) is 9.24. The Bertz CT molecular complexity index is 451. The van der Waals surface area contributed by atoms with E-state index in [9.17, 15) is 9.59 Å². The van der Waals surface area contributed by atoms with Gasteiger partial charge in [-0.2, -0.15) is 0 Å². The molecule has 0 aliphatic heterocycles. The first-order chi connectivity index (χ1) is 7.99. The van der Waals surface area contributed by atoms with Crippen LogP contribution in [0.3, 0.4) is 0 Å². The Morgan fingerprint density at radius 2 is 1.94 bits per heavy atom. The van der Waals surface area contributed by atoms with Crippen LogP contribution >= 0.6 is 11.6 Å². The Morgan fingerprint density at radius 3 is 2.47 bits per heavy atom. The quantitative estimate of drug-likeness (QED) is 0.811. The Morgan fingerprint density at radius 1 is 1.35 bits per heavy atom. The van der Waals surface area contributed by atoms with E-state index in [4.69, 9.17) is 16.7 Å². The van der Waals surface area contributed by atoms with E-state index in [0.717, 1.165) is 0 Å².